The van der Waals surface area contributed by atoms with Crippen LogP contribution in [0.5, 0.6) is 0 Å². The fraction of sp³-hybridized carbons (Fsp3) is 0.318. The molecule has 1 fully saturated rings. The Balaban J connectivity index is 1.43. The van der Waals surface area contributed by atoms with E-state index >= 15 is 0 Å². The zero-order chi connectivity index (χ0) is 23.1. The molecule has 0 bridgehead atoms. The van der Waals surface area contributed by atoms with Gasteiger partial charge in [-0.05, 0) is 55.5 Å². The van der Waals surface area contributed by atoms with Crippen LogP contribution >= 0.6 is 0 Å². The summed E-state index contributed by atoms with van der Waals surface area (Å²) in [6.07, 6.45) is 5.99. The van der Waals surface area contributed by atoms with Gasteiger partial charge in [-0.3, -0.25) is 24.5 Å². The van der Waals surface area contributed by atoms with Crippen molar-refractivity contribution in [1.29, 1.82) is 0 Å². The average Bonchev–Trinajstić information content (AvgIpc) is 3.31. The fourth-order valence-electron chi connectivity index (χ4n) is 3.40. The molecule has 10 nitrogen and oxygen atoms in total. The molecule has 10 heteroatoms. The highest BCUT2D eigenvalue weighted by Crippen LogP contribution is 2.25. The van der Waals surface area contributed by atoms with Gasteiger partial charge in [-0.1, -0.05) is 6.07 Å². The van der Waals surface area contributed by atoms with Gasteiger partial charge in [-0.15, -0.1) is 0 Å². The maximum atomic E-state index is 12.3. The zero-order valence-electron chi connectivity index (χ0n) is 17.6. The van der Waals surface area contributed by atoms with E-state index in [1.165, 1.54) is 24.5 Å². The number of nitro benzene ring substituents is 1. The summed E-state index contributed by atoms with van der Waals surface area (Å²) in [5.74, 6) is -1.21. The van der Waals surface area contributed by atoms with Gasteiger partial charge in [-0.25, -0.2) is 0 Å². The monoisotopic (exact) mass is 440 g/mol. The minimum Gasteiger partial charge on any atom is -0.465 e. The highest BCUT2D eigenvalue weighted by atomic mass is 16.6. The number of furan rings is 1. The van der Waals surface area contributed by atoms with Gasteiger partial charge in [0, 0.05) is 31.8 Å². The number of likely N-dealkylation sites (tertiary alicyclic amines) is 1. The van der Waals surface area contributed by atoms with Crippen LogP contribution in [0.25, 0.3) is 6.08 Å². The van der Waals surface area contributed by atoms with Gasteiger partial charge in [-0.2, -0.15) is 0 Å². The lowest BCUT2D eigenvalue weighted by atomic mass is 9.96. The Kier molecular flexibility index (Phi) is 7.37. The largest absolute Gasteiger partial charge is 0.465 e. The van der Waals surface area contributed by atoms with Crippen molar-refractivity contribution < 1.29 is 23.7 Å². The molecule has 1 aromatic heterocycles. The first-order valence-electron chi connectivity index (χ1n) is 10.2. The number of nitro groups is 1. The molecule has 2 aromatic rings. The molecular formula is C22H24N4O6. The van der Waals surface area contributed by atoms with Crippen molar-refractivity contribution in [2.45, 2.75) is 19.8 Å². The lowest BCUT2D eigenvalue weighted by Gasteiger charge is -2.31. The Labute approximate surface area is 184 Å². The number of carbonyl (C=O) groups excluding carboxylic acids is 3. The third-order valence-electron chi connectivity index (χ3n) is 5.22. The highest BCUT2D eigenvalue weighted by molar-refractivity contribution is 6.39. The Bertz CT molecular complexity index is 1020. The smallest absolute Gasteiger partial charge is 0.313 e. The first kappa shape index (κ1) is 22.7. The Hall–Kier alpha value is -3.95. The van der Waals surface area contributed by atoms with Gasteiger partial charge in [0.25, 0.3) is 5.69 Å². The van der Waals surface area contributed by atoms with Crippen LogP contribution in [-0.2, 0) is 14.4 Å². The molecule has 1 aliphatic heterocycles. The maximum absolute atomic E-state index is 12.3. The molecule has 0 unspecified atom stereocenters. The molecule has 0 saturated carbocycles. The molecule has 3 amide bonds. The molecule has 1 saturated heterocycles. The SMILES string of the molecule is Cc1ccc(NC(=O)C(=O)NCC2CCN(C(=O)/C=C/c3ccco3)CC2)c([N+](=O)[O-])c1. The Morgan fingerprint density at radius 3 is 2.62 bits per heavy atom. The normalized spacial score (nSPS) is 14.3. The van der Waals surface area contributed by atoms with E-state index in [4.69, 9.17) is 4.42 Å². The number of amides is 3. The Morgan fingerprint density at radius 1 is 1.22 bits per heavy atom. The second-order valence-corrected chi connectivity index (χ2v) is 7.56. The molecule has 0 radical (unpaired) electrons. The van der Waals surface area contributed by atoms with E-state index in [9.17, 15) is 24.5 Å². The van der Waals surface area contributed by atoms with Crippen molar-refractivity contribution in [1.82, 2.24) is 10.2 Å². The van der Waals surface area contributed by atoms with Gasteiger partial charge in [0.1, 0.15) is 11.4 Å². The molecule has 1 aromatic carbocycles. The minimum atomic E-state index is -0.965. The van der Waals surface area contributed by atoms with Gasteiger partial charge in [0.2, 0.25) is 5.91 Å². The third-order valence-corrected chi connectivity index (χ3v) is 5.22. The summed E-state index contributed by atoms with van der Waals surface area (Å²) in [6.45, 7) is 3.07. The van der Waals surface area contributed by atoms with Crippen LogP contribution in [0, 0.1) is 23.0 Å². The van der Waals surface area contributed by atoms with E-state index in [-0.39, 0.29) is 29.7 Å². The number of piperidine rings is 1. The van der Waals surface area contributed by atoms with Gasteiger partial charge in [0.15, 0.2) is 0 Å². The van der Waals surface area contributed by atoms with Crippen LogP contribution in [0.15, 0.2) is 47.1 Å². The van der Waals surface area contributed by atoms with Crippen LogP contribution in [0.1, 0.15) is 24.2 Å². The summed E-state index contributed by atoms with van der Waals surface area (Å²) < 4.78 is 5.16. The number of benzene rings is 1. The lowest BCUT2D eigenvalue weighted by molar-refractivity contribution is -0.384. The molecule has 168 valence electrons. The van der Waals surface area contributed by atoms with Gasteiger partial charge < -0.3 is 20.0 Å². The summed E-state index contributed by atoms with van der Waals surface area (Å²) >= 11 is 0. The molecule has 0 spiro atoms. The van der Waals surface area contributed by atoms with Crippen molar-refractivity contribution in [2.24, 2.45) is 5.92 Å². The van der Waals surface area contributed by atoms with E-state index in [0.717, 1.165) is 0 Å². The minimum absolute atomic E-state index is 0.0322. The van der Waals surface area contributed by atoms with Crippen molar-refractivity contribution in [3.63, 3.8) is 0 Å². The predicted octanol–water partition coefficient (Wildman–Crippen LogP) is 2.50. The Morgan fingerprint density at radius 2 is 1.97 bits per heavy atom. The third kappa shape index (κ3) is 6.03. The molecular weight excluding hydrogens is 416 g/mol. The first-order chi connectivity index (χ1) is 15.3. The van der Waals surface area contributed by atoms with E-state index in [1.807, 2.05) is 0 Å². The zero-order valence-corrected chi connectivity index (χ0v) is 17.6. The second-order valence-electron chi connectivity index (χ2n) is 7.56. The second kappa shape index (κ2) is 10.4. The van der Waals surface area contributed by atoms with E-state index in [2.05, 4.69) is 10.6 Å². The van der Waals surface area contributed by atoms with Crippen LogP contribution in [-0.4, -0.2) is 47.2 Å². The van der Waals surface area contributed by atoms with E-state index in [1.54, 1.807) is 36.1 Å². The quantitative estimate of drug-likeness (QED) is 0.307. The maximum Gasteiger partial charge on any atom is 0.313 e. The summed E-state index contributed by atoms with van der Waals surface area (Å²) in [5, 5.41) is 16.0. The molecule has 2 heterocycles. The van der Waals surface area contributed by atoms with Crippen LogP contribution in [0.3, 0.4) is 0 Å². The lowest BCUT2D eigenvalue weighted by Crippen LogP contribution is -2.43. The molecule has 32 heavy (non-hydrogen) atoms. The average molecular weight is 440 g/mol. The number of nitrogens with one attached hydrogen (secondary N) is 2. The number of rotatable bonds is 6. The summed E-state index contributed by atoms with van der Waals surface area (Å²) in [5.41, 5.74) is 0.361. The number of nitrogens with zero attached hydrogens (tertiary/aromatic N) is 2. The van der Waals surface area contributed by atoms with Crippen molar-refractivity contribution in [2.75, 3.05) is 25.0 Å². The fourth-order valence-corrected chi connectivity index (χ4v) is 3.40. The summed E-state index contributed by atoms with van der Waals surface area (Å²) in [6, 6.07) is 7.83. The number of aryl methyl sites for hydroxylation is 1. The predicted molar refractivity (Wildman–Crippen MR) is 117 cm³/mol. The van der Waals surface area contributed by atoms with Crippen molar-refractivity contribution >= 4 is 35.2 Å². The number of hydrogen-bond acceptors (Lipinski definition) is 6. The standard InChI is InChI=1S/C22H24N4O6/c1-15-4-6-18(19(13-15)26(30)31)24-22(29)21(28)23-14-16-8-10-25(11-9-16)20(27)7-5-17-3-2-12-32-17/h2-7,12-13,16H,8-11,14H2,1H3,(H,23,28)(H,24,29)/b7-5+. The van der Waals surface area contributed by atoms with E-state index in [0.29, 0.717) is 37.3 Å². The van der Waals surface area contributed by atoms with Gasteiger partial charge in [0.05, 0.1) is 11.2 Å². The molecule has 3 rings (SSSR count). The van der Waals surface area contributed by atoms with Gasteiger partial charge >= 0.3 is 11.8 Å². The number of carbonyl (C=O) groups is 3. The number of hydrogen-bond donors (Lipinski definition) is 2. The van der Waals surface area contributed by atoms with Crippen LogP contribution < -0.4 is 10.6 Å². The van der Waals surface area contributed by atoms with Crippen LogP contribution in [0.2, 0.25) is 0 Å². The van der Waals surface area contributed by atoms with Crippen molar-refractivity contribution in [3.05, 3.63) is 64.1 Å². The molecule has 2 N–H and O–H groups in total. The van der Waals surface area contributed by atoms with E-state index < -0.39 is 16.7 Å². The number of anilines is 1. The van der Waals surface area contributed by atoms with Crippen LogP contribution in [0.4, 0.5) is 11.4 Å². The summed E-state index contributed by atoms with van der Waals surface area (Å²) in [7, 11) is 0. The van der Waals surface area contributed by atoms with Crippen molar-refractivity contribution in [3.8, 4) is 0 Å². The topological polar surface area (TPSA) is 135 Å². The molecule has 0 atom stereocenters. The molecule has 1 aliphatic rings. The molecule has 0 aliphatic carbocycles. The first-order valence-corrected chi connectivity index (χ1v) is 10.2. The summed E-state index contributed by atoms with van der Waals surface area (Å²) in [4.78, 5) is 48.8. The highest BCUT2D eigenvalue weighted by Gasteiger charge is 2.24.